The highest BCUT2D eigenvalue weighted by Crippen LogP contribution is 2.35. The standard InChI is InChI=1S/C15H16ClN3OS2/c1-10(20)19(12-6-7-12)14-17-18-15(22-14)21-9-8-11-4-2-3-5-13(11)16/h2-5,12H,6-9H2,1H3. The number of halogens is 1. The minimum Gasteiger partial charge on any atom is -0.284 e. The van der Waals surface area contributed by atoms with Crippen molar-refractivity contribution in [3.63, 3.8) is 0 Å². The molecule has 0 aliphatic heterocycles. The second-order valence-electron chi connectivity index (χ2n) is 5.16. The quantitative estimate of drug-likeness (QED) is 0.580. The summed E-state index contributed by atoms with van der Waals surface area (Å²) in [6, 6.07) is 8.20. The minimum absolute atomic E-state index is 0.0475. The maximum atomic E-state index is 11.7. The summed E-state index contributed by atoms with van der Waals surface area (Å²) >= 11 is 9.29. The fourth-order valence-electron chi connectivity index (χ4n) is 2.19. The molecule has 0 bridgehead atoms. The van der Waals surface area contributed by atoms with Crippen LogP contribution in [0.15, 0.2) is 28.6 Å². The largest absolute Gasteiger partial charge is 0.284 e. The van der Waals surface area contributed by atoms with Crippen molar-refractivity contribution in [3.05, 3.63) is 34.9 Å². The number of hydrogen-bond acceptors (Lipinski definition) is 5. The molecule has 22 heavy (non-hydrogen) atoms. The van der Waals surface area contributed by atoms with Crippen LogP contribution in [0.5, 0.6) is 0 Å². The SMILES string of the molecule is CC(=O)N(c1nnc(SCCc2ccccc2Cl)s1)C1CC1. The van der Waals surface area contributed by atoms with E-state index >= 15 is 0 Å². The van der Waals surface area contributed by atoms with Gasteiger partial charge in [0.05, 0.1) is 0 Å². The Hall–Kier alpha value is -1.11. The summed E-state index contributed by atoms with van der Waals surface area (Å²) in [5, 5.41) is 9.88. The topological polar surface area (TPSA) is 46.1 Å². The molecule has 3 rings (SSSR count). The van der Waals surface area contributed by atoms with Crippen LogP contribution in [0.2, 0.25) is 5.02 Å². The first-order valence-electron chi connectivity index (χ1n) is 7.14. The fourth-order valence-corrected chi connectivity index (χ4v) is 4.42. The van der Waals surface area contributed by atoms with Crippen molar-refractivity contribution in [3.8, 4) is 0 Å². The summed E-state index contributed by atoms with van der Waals surface area (Å²) in [7, 11) is 0. The van der Waals surface area contributed by atoms with Crippen LogP contribution in [0.4, 0.5) is 5.13 Å². The minimum atomic E-state index is 0.0475. The Morgan fingerprint density at radius 2 is 2.18 bits per heavy atom. The first-order valence-corrected chi connectivity index (χ1v) is 9.32. The Bertz CT molecular complexity index is 672. The smallest absolute Gasteiger partial charge is 0.225 e. The van der Waals surface area contributed by atoms with Crippen LogP contribution in [-0.2, 0) is 11.2 Å². The maximum Gasteiger partial charge on any atom is 0.225 e. The van der Waals surface area contributed by atoms with E-state index in [1.54, 1.807) is 23.6 Å². The van der Waals surface area contributed by atoms with Crippen LogP contribution >= 0.6 is 34.7 Å². The molecule has 2 aromatic rings. The molecule has 1 saturated carbocycles. The Labute approximate surface area is 142 Å². The number of hydrogen-bond donors (Lipinski definition) is 0. The zero-order chi connectivity index (χ0) is 15.5. The number of anilines is 1. The maximum absolute atomic E-state index is 11.7. The molecule has 0 saturated heterocycles. The molecule has 0 spiro atoms. The molecule has 1 amide bonds. The van der Waals surface area contributed by atoms with Gasteiger partial charge in [-0.15, -0.1) is 10.2 Å². The van der Waals surface area contributed by atoms with E-state index in [1.807, 2.05) is 24.3 Å². The normalized spacial score (nSPS) is 14.1. The lowest BCUT2D eigenvalue weighted by atomic mass is 10.2. The van der Waals surface area contributed by atoms with E-state index in [0.717, 1.165) is 45.1 Å². The number of carbonyl (C=O) groups is 1. The van der Waals surface area contributed by atoms with Crippen molar-refractivity contribution in [1.82, 2.24) is 10.2 Å². The molecule has 116 valence electrons. The van der Waals surface area contributed by atoms with Gasteiger partial charge in [-0.05, 0) is 30.9 Å². The van der Waals surface area contributed by atoms with Gasteiger partial charge in [-0.2, -0.15) is 0 Å². The van der Waals surface area contributed by atoms with Gasteiger partial charge in [0.15, 0.2) is 4.34 Å². The number of rotatable bonds is 6. The zero-order valence-electron chi connectivity index (χ0n) is 12.2. The third-order valence-electron chi connectivity index (χ3n) is 3.41. The van der Waals surface area contributed by atoms with Gasteiger partial charge in [0.2, 0.25) is 11.0 Å². The Morgan fingerprint density at radius 3 is 2.86 bits per heavy atom. The molecule has 0 N–H and O–H groups in total. The average Bonchev–Trinajstić information content (AvgIpc) is 3.20. The lowest BCUT2D eigenvalue weighted by Gasteiger charge is -2.15. The molecule has 1 aromatic carbocycles. The summed E-state index contributed by atoms with van der Waals surface area (Å²) in [6.45, 7) is 1.59. The third kappa shape index (κ3) is 3.80. The van der Waals surface area contributed by atoms with Crippen molar-refractivity contribution in [2.75, 3.05) is 10.7 Å². The van der Waals surface area contributed by atoms with Crippen LogP contribution < -0.4 is 4.90 Å². The van der Waals surface area contributed by atoms with Gasteiger partial charge in [0.25, 0.3) is 0 Å². The number of carbonyl (C=O) groups excluding carboxylic acids is 1. The molecule has 1 aliphatic carbocycles. The van der Waals surface area contributed by atoms with Gasteiger partial charge in [0.1, 0.15) is 0 Å². The van der Waals surface area contributed by atoms with Gasteiger partial charge >= 0.3 is 0 Å². The highest BCUT2D eigenvalue weighted by Gasteiger charge is 2.34. The van der Waals surface area contributed by atoms with Crippen molar-refractivity contribution in [2.24, 2.45) is 0 Å². The third-order valence-corrected chi connectivity index (χ3v) is 5.83. The number of aromatic nitrogens is 2. The molecule has 1 heterocycles. The summed E-state index contributed by atoms with van der Waals surface area (Å²) < 4.78 is 0.897. The summed E-state index contributed by atoms with van der Waals surface area (Å²) in [5.41, 5.74) is 1.14. The van der Waals surface area contributed by atoms with E-state index < -0.39 is 0 Å². The number of aryl methyl sites for hydroxylation is 1. The Balaban J connectivity index is 1.58. The lowest BCUT2D eigenvalue weighted by molar-refractivity contribution is -0.116. The Morgan fingerprint density at radius 1 is 1.41 bits per heavy atom. The van der Waals surface area contributed by atoms with E-state index in [4.69, 9.17) is 11.6 Å². The predicted molar refractivity (Wildman–Crippen MR) is 92.0 cm³/mol. The highest BCUT2D eigenvalue weighted by molar-refractivity contribution is 8.01. The van der Waals surface area contributed by atoms with E-state index in [0.29, 0.717) is 6.04 Å². The molecule has 0 radical (unpaired) electrons. The molecule has 0 unspecified atom stereocenters. The molecule has 7 heteroatoms. The van der Waals surface area contributed by atoms with Crippen LogP contribution in [-0.4, -0.2) is 27.9 Å². The first-order chi connectivity index (χ1) is 10.6. The second-order valence-corrected chi connectivity index (χ2v) is 7.87. The van der Waals surface area contributed by atoms with Gasteiger partial charge in [-0.3, -0.25) is 9.69 Å². The molecule has 1 aromatic heterocycles. The van der Waals surface area contributed by atoms with Crippen molar-refractivity contribution >= 4 is 45.7 Å². The summed E-state index contributed by atoms with van der Waals surface area (Å²) in [4.78, 5) is 13.5. The van der Waals surface area contributed by atoms with Gasteiger partial charge in [-0.25, -0.2) is 0 Å². The van der Waals surface area contributed by atoms with E-state index in [-0.39, 0.29) is 5.91 Å². The number of amides is 1. The highest BCUT2D eigenvalue weighted by atomic mass is 35.5. The molecule has 1 aliphatic rings. The average molecular weight is 354 g/mol. The first kappa shape index (κ1) is 15.8. The molecule has 4 nitrogen and oxygen atoms in total. The lowest BCUT2D eigenvalue weighted by Crippen LogP contribution is -2.30. The number of benzene rings is 1. The molecule has 1 fully saturated rings. The van der Waals surface area contributed by atoms with Gasteiger partial charge in [0, 0.05) is 23.7 Å². The van der Waals surface area contributed by atoms with E-state index in [2.05, 4.69) is 10.2 Å². The van der Waals surface area contributed by atoms with E-state index in [9.17, 15) is 4.79 Å². The van der Waals surface area contributed by atoms with Gasteiger partial charge < -0.3 is 0 Å². The van der Waals surface area contributed by atoms with Crippen LogP contribution in [0.1, 0.15) is 25.3 Å². The number of thioether (sulfide) groups is 1. The van der Waals surface area contributed by atoms with Crippen LogP contribution in [0.25, 0.3) is 0 Å². The molecular weight excluding hydrogens is 338 g/mol. The number of nitrogens with zero attached hydrogens (tertiary/aromatic N) is 3. The summed E-state index contributed by atoms with van der Waals surface area (Å²) in [6.07, 6.45) is 3.01. The van der Waals surface area contributed by atoms with Crippen molar-refractivity contribution in [1.29, 1.82) is 0 Å². The zero-order valence-corrected chi connectivity index (χ0v) is 14.5. The van der Waals surface area contributed by atoms with Crippen molar-refractivity contribution in [2.45, 2.75) is 36.6 Å². The van der Waals surface area contributed by atoms with Crippen LogP contribution in [0.3, 0.4) is 0 Å². The predicted octanol–water partition coefficient (Wildman–Crippen LogP) is 4.04. The summed E-state index contributed by atoms with van der Waals surface area (Å²) in [5.74, 6) is 0.938. The second kappa shape index (κ2) is 6.98. The van der Waals surface area contributed by atoms with Gasteiger partial charge in [-0.1, -0.05) is 52.9 Å². The monoisotopic (exact) mass is 353 g/mol. The van der Waals surface area contributed by atoms with Crippen LogP contribution in [0, 0.1) is 0 Å². The van der Waals surface area contributed by atoms with Crippen molar-refractivity contribution < 1.29 is 4.79 Å². The fraction of sp³-hybridized carbons (Fsp3) is 0.400. The van der Waals surface area contributed by atoms with E-state index in [1.165, 1.54) is 11.3 Å². The molecule has 0 atom stereocenters. The Kier molecular flexibility index (Phi) is 5.00. The molecular formula is C15H16ClN3OS2.